The third-order valence-corrected chi connectivity index (χ3v) is 1.91. The number of hydrogen-bond acceptors (Lipinski definition) is 6. The molecule has 0 aliphatic carbocycles. The van der Waals surface area contributed by atoms with Crippen LogP contribution in [-0.4, -0.2) is 58.3 Å². The van der Waals surface area contributed by atoms with Crippen LogP contribution in [0.2, 0.25) is 0 Å². The van der Waals surface area contributed by atoms with E-state index >= 15 is 0 Å². The molecule has 0 aliphatic heterocycles. The summed E-state index contributed by atoms with van der Waals surface area (Å²) in [4.78, 5) is 11.2. The molecule has 0 aromatic heterocycles. The van der Waals surface area contributed by atoms with Gasteiger partial charge in [-0.1, -0.05) is 0 Å². The Bertz CT molecular complexity index is 237. The number of carbonyl (C=O) groups is 1. The molecule has 0 spiro atoms. The lowest BCUT2D eigenvalue weighted by molar-refractivity contribution is -0.139. The van der Waals surface area contributed by atoms with Crippen molar-refractivity contribution in [3.05, 3.63) is 11.8 Å². The average molecular weight is 234 g/mol. The van der Waals surface area contributed by atoms with E-state index in [4.69, 9.17) is 14.2 Å². The van der Waals surface area contributed by atoms with Crippen molar-refractivity contribution in [2.45, 2.75) is 12.2 Å². The summed E-state index contributed by atoms with van der Waals surface area (Å²) < 4.78 is 19.1. The predicted molar refractivity (Wildman–Crippen MR) is 55.8 cm³/mol. The van der Waals surface area contributed by atoms with Crippen molar-refractivity contribution in [2.24, 2.45) is 0 Å². The van der Waals surface area contributed by atoms with Crippen LogP contribution in [0.15, 0.2) is 11.8 Å². The van der Waals surface area contributed by atoms with Gasteiger partial charge in [-0.25, -0.2) is 4.79 Å². The molecule has 0 saturated heterocycles. The number of ether oxygens (including phenoxy) is 4. The van der Waals surface area contributed by atoms with Crippen molar-refractivity contribution < 1.29 is 28.8 Å². The van der Waals surface area contributed by atoms with Crippen molar-refractivity contribution in [2.75, 3.05) is 35.0 Å². The fourth-order valence-electron chi connectivity index (χ4n) is 1.07. The third-order valence-electron chi connectivity index (χ3n) is 1.91. The van der Waals surface area contributed by atoms with Gasteiger partial charge in [-0.2, -0.15) is 0 Å². The summed E-state index contributed by atoms with van der Waals surface area (Å²) in [7, 11) is 5.43. The van der Waals surface area contributed by atoms with Gasteiger partial charge in [0, 0.05) is 14.2 Å². The van der Waals surface area contributed by atoms with Crippen LogP contribution < -0.4 is 0 Å². The molecule has 0 aromatic rings. The maximum absolute atomic E-state index is 11.2. The molecule has 6 heteroatoms. The summed E-state index contributed by atoms with van der Waals surface area (Å²) in [5.41, 5.74) is 0. The van der Waals surface area contributed by atoms with E-state index in [2.05, 4.69) is 4.74 Å². The van der Waals surface area contributed by atoms with E-state index in [1.54, 1.807) is 0 Å². The molecule has 0 aliphatic rings. The molecule has 0 rings (SSSR count). The van der Waals surface area contributed by atoms with Crippen LogP contribution >= 0.6 is 0 Å². The Hall–Kier alpha value is -1.11. The standard InChI is InChI=1S/C10H18O6/c1-13-6-7(11)8(14-2)5-9(15-3)10(12)16-4/h5,7-8,11H,6H2,1-4H3/b9-5-/t7-,8+/m1/s1. The highest BCUT2D eigenvalue weighted by molar-refractivity contribution is 5.86. The number of methoxy groups -OCH3 is 4. The highest BCUT2D eigenvalue weighted by Crippen LogP contribution is 2.07. The Kier molecular flexibility index (Phi) is 7.53. The van der Waals surface area contributed by atoms with E-state index < -0.39 is 18.2 Å². The lowest BCUT2D eigenvalue weighted by Gasteiger charge is -2.18. The largest absolute Gasteiger partial charge is 0.490 e. The highest BCUT2D eigenvalue weighted by Gasteiger charge is 2.20. The first-order chi connectivity index (χ1) is 7.60. The third kappa shape index (κ3) is 4.61. The molecule has 0 radical (unpaired) electrons. The van der Waals surface area contributed by atoms with Gasteiger partial charge in [0.1, 0.15) is 12.2 Å². The molecular weight excluding hydrogens is 216 g/mol. The Morgan fingerprint density at radius 1 is 1.25 bits per heavy atom. The van der Waals surface area contributed by atoms with Gasteiger partial charge in [-0.3, -0.25) is 0 Å². The van der Waals surface area contributed by atoms with Crippen LogP contribution in [0, 0.1) is 0 Å². The van der Waals surface area contributed by atoms with Gasteiger partial charge < -0.3 is 24.1 Å². The first-order valence-electron chi connectivity index (χ1n) is 4.64. The number of carbonyl (C=O) groups excluding carboxylic acids is 1. The lowest BCUT2D eigenvalue weighted by atomic mass is 10.2. The van der Waals surface area contributed by atoms with E-state index in [-0.39, 0.29) is 12.4 Å². The van der Waals surface area contributed by atoms with Gasteiger partial charge in [0.2, 0.25) is 5.76 Å². The molecule has 16 heavy (non-hydrogen) atoms. The van der Waals surface area contributed by atoms with Crippen molar-refractivity contribution in [3.8, 4) is 0 Å². The Balaban J connectivity index is 4.68. The summed E-state index contributed by atoms with van der Waals surface area (Å²) in [5.74, 6) is -0.654. The van der Waals surface area contributed by atoms with Gasteiger partial charge in [0.25, 0.3) is 0 Å². The van der Waals surface area contributed by atoms with Gasteiger partial charge >= 0.3 is 5.97 Å². The van der Waals surface area contributed by atoms with E-state index in [1.165, 1.54) is 34.5 Å². The molecule has 0 fully saturated rings. The van der Waals surface area contributed by atoms with Gasteiger partial charge in [0.05, 0.1) is 20.8 Å². The van der Waals surface area contributed by atoms with Crippen molar-refractivity contribution in [3.63, 3.8) is 0 Å². The molecule has 0 saturated carbocycles. The smallest absolute Gasteiger partial charge is 0.373 e. The molecule has 0 bridgehead atoms. The van der Waals surface area contributed by atoms with Crippen molar-refractivity contribution >= 4 is 5.97 Å². The SMILES string of the molecule is COC[C@@H](O)[C@H](/C=C(\OC)C(=O)OC)OC. The molecule has 0 heterocycles. The molecule has 1 N–H and O–H groups in total. The number of aliphatic hydroxyl groups is 1. The minimum atomic E-state index is -0.884. The van der Waals surface area contributed by atoms with Gasteiger partial charge in [-0.05, 0) is 6.08 Å². The number of hydrogen-bond donors (Lipinski definition) is 1. The highest BCUT2D eigenvalue weighted by atomic mass is 16.6. The summed E-state index contributed by atoms with van der Waals surface area (Å²) in [6, 6.07) is 0. The van der Waals surface area contributed by atoms with Gasteiger partial charge in [-0.15, -0.1) is 0 Å². The minimum absolute atomic E-state index is 0.0236. The average Bonchev–Trinajstić information content (AvgIpc) is 2.30. The van der Waals surface area contributed by atoms with E-state index in [0.717, 1.165) is 0 Å². The second-order valence-electron chi connectivity index (χ2n) is 2.95. The van der Waals surface area contributed by atoms with Crippen LogP contribution in [0.3, 0.4) is 0 Å². The monoisotopic (exact) mass is 234 g/mol. The van der Waals surface area contributed by atoms with Crippen LogP contribution in [0.5, 0.6) is 0 Å². The van der Waals surface area contributed by atoms with Crippen LogP contribution in [-0.2, 0) is 23.7 Å². The lowest BCUT2D eigenvalue weighted by Crippen LogP contribution is -2.31. The molecular formula is C10H18O6. The quantitative estimate of drug-likeness (QED) is 0.371. The normalized spacial score (nSPS) is 15.4. The second kappa shape index (κ2) is 8.09. The van der Waals surface area contributed by atoms with Crippen molar-refractivity contribution in [1.82, 2.24) is 0 Å². The van der Waals surface area contributed by atoms with E-state index in [0.29, 0.717) is 0 Å². The zero-order valence-corrected chi connectivity index (χ0v) is 9.93. The predicted octanol–water partition coefficient (Wildman–Crippen LogP) is -0.288. The minimum Gasteiger partial charge on any atom is -0.490 e. The number of aliphatic hydroxyl groups excluding tert-OH is 1. The maximum Gasteiger partial charge on any atom is 0.373 e. The molecule has 6 nitrogen and oxygen atoms in total. The Morgan fingerprint density at radius 3 is 2.25 bits per heavy atom. The fraction of sp³-hybridized carbons (Fsp3) is 0.700. The Labute approximate surface area is 94.7 Å². The van der Waals surface area contributed by atoms with E-state index in [1.807, 2.05) is 0 Å². The maximum atomic E-state index is 11.2. The zero-order chi connectivity index (χ0) is 12.6. The first kappa shape index (κ1) is 14.9. The zero-order valence-electron chi connectivity index (χ0n) is 9.93. The molecule has 0 amide bonds. The number of rotatable bonds is 7. The Morgan fingerprint density at radius 2 is 1.88 bits per heavy atom. The van der Waals surface area contributed by atoms with Crippen LogP contribution in [0.1, 0.15) is 0 Å². The molecule has 94 valence electrons. The number of esters is 1. The van der Waals surface area contributed by atoms with Crippen LogP contribution in [0.4, 0.5) is 0 Å². The van der Waals surface area contributed by atoms with E-state index in [9.17, 15) is 9.90 Å². The summed E-state index contributed by atoms with van der Waals surface area (Å²) >= 11 is 0. The molecule has 2 atom stereocenters. The molecule has 0 unspecified atom stereocenters. The first-order valence-corrected chi connectivity index (χ1v) is 4.64. The van der Waals surface area contributed by atoms with Crippen molar-refractivity contribution in [1.29, 1.82) is 0 Å². The fourth-order valence-corrected chi connectivity index (χ4v) is 1.07. The topological polar surface area (TPSA) is 74.2 Å². The van der Waals surface area contributed by atoms with Crippen LogP contribution in [0.25, 0.3) is 0 Å². The molecule has 0 aromatic carbocycles. The summed E-state index contributed by atoms with van der Waals surface area (Å²) in [6.45, 7) is 0.0904. The second-order valence-corrected chi connectivity index (χ2v) is 2.95. The summed E-state index contributed by atoms with van der Waals surface area (Å²) in [6.07, 6.45) is -0.242. The van der Waals surface area contributed by atoms with Gasteiger partial charge in [0.15, 0.2) is 0 Å². The summed E-state index contributed by atoms with van der Waals surface area (Å²) in [5, 5.41) is 9.61.